The van der Waals surface area contributed by atoms with Gasteiger partial charge in [-0.25, -0.2) is 8.42 Å². The number of aliphatic hydroxyl groups is 1. The Balaban J connectivity index is 3.21. The summed E-state index contributed by atoms with van der Waals surface area (Å²) in [6.07, 6.45) is -0.893. The molecule has 1 aromatic carbocycles. The molecule has 0 aromatic heterocycles. The fourth-order valence-electron chi connectivity index (χ4n) is 1.63. The second-order valence-corrected chi connectivity index (χ2v) is 8.09. The lowest BCUT2D eigenvalue weighted by Gasteiger charge is -2.26. The molecule has 0 heterocycles. The van der Waals surface area contributed by atoms with Gasteiger partial charge in [-0.15, -0.1) is 0 Å². The zero-order valence-electron chi connectivity index (χ0n) is 13.1. The summed E-state index contributed by atoms with van der Waals surface area (Å²) in [4.78, 5) is 8.80. The first-order chi connectivity index (χ1) is 10.7. The molecule has 136 valence electrons. The van der Waals surface area contributed by atoms with Crippen LogP contribution in [0.15, 0.2) is 23.1 Å². The fraction of sp³-hybridized carbons (Fsp3) is 0.538. The van der Waals surface area contributed by atoms with Crippen LogP contribution in [0.3, 0.4) is 0 Å². The predicted octanol–water partition coefficient (Wildman–Crippen LogP) is 2.71. The van der Waals surface area contributed by atoms with E-state index in [0.29, 0.717) is 12.1 Å². The van der Waals surface area contributed by atoms with Crippen molar-refractivity contribution < 1.29 is 31.6 Å². The molecule has 0 aliphatic heterocycles. The third-order valence-electron chi connectivity index (χ3n) is 3.27. The van der Waals surface area contributed by atoms with E-state index in [0.717, 1.165) is 6.07 Å². The topological polar surface area (TPSA) is 110 Å². The van der Waals surface area contributed by atoms with Crippen LogP contribution in [-0.2, 0) is 9.84 Å². The van der Waals surface area contributed by atoms with Crippen molar-refractivity contribution in [1.82, 2.24) is 0 Å². The van der Waals surface area contributed by atoms with Gasteiger partial charge in [-0.05, 0) is 17.5 Å². The number of nitro groups is 1. The van der Waals surface area contributed by atoms with Crippen LogP contribution in [0.2, 0.25) is 0 Å². The molecule has 0 aliphatic carbocycles. The molecule has 0 spiro atoms. The van der Waals surface area contributed by atoms with Gasteiger partial charge >= 0.3 is 5.51 Å². The number of hydrogen-bond donors (Lipinski definition) is 2. The second kappa shape index (κ2) is 6.55. The van der Waals surface area contributed by atoms with Crippen molar-refractivity contribution >= 4 is 21.2 Å². The molecule has 0 radical (unpaired) electrons. The van der Waals surface area contributed by atoms with Crippen LogP contribution >= 0.6 is 0 Å². The number of nitrogens with zero attached hydrogens (tertiary/aromatic N) is 1. The average molecular weight is 370 g/mol. The minimum Gasteiger partial charge on any atom is -0.391 e. The summed E-state index contributed by atoms with van der Waals surface area (Å²) in [5.74, 6) is 0. The van der Waals surface area contributed by atoms with Crippen LogP contribution in [0.25, 0.3) is 0 Å². The Kier molecular flexibility index (Phi) is 5.51. The molecule has 11 heteroatoms. The lowest BCUT2D eigenvalue weighted by atomic mass is 9.89. The predicted molar refractivity (Wildman–Crippen MR) is 80.3 cm³/mol. The van der Waals surface area contributed by atoms with E-state index in [2.05, 4.69) is 5.32 Å². The maximum Gasteiger partial charge on any atom is 0.501 e. The second-order valence-electron chi connectivity index (χ2n) is 6.15. The van der Waals surface area contributed by atoms with Gasteiger partial charge in [0.05, 0.1) is 15.9 Å². The van der Waals surface area contributed by atoms with Gasteiger partial charge in [0.15, 0.2) is 0 Å². The molecule has 24 heavy (non-hydrogen) atoms. The van der Waals surface area contributed by atoms with Crippen LogP contribution in [0.5, 0.6) is 0 Å². The van der Waals surface area contributed by atoms with Crippen LogP contribution in [0, 0.1) is 15.5 Å². The molecule has 1 unspecified atom stereocenters. The number of alkyl halides is 3. The third-order valence-corrected chi connectivity index (χ3v) is 4.75. The normalized spacial score (nSPS) is 14.3. The highest BCUT2D eigenvalue weighted by molar-refractivity contribution is 7.92. The summed E-state index contributed by atoms with van der Waals surface area (Å²) in [6, 6.07) is 1.84. The van der Waals surface area contributed by atoms with Crippen molar-refractivity contribution in [1.29, 1.82) is 0 Å². The van der Waals surface area contributed by atoms with Gasteiger partial charge in [0.2, 0.25) is 0 Å². The van der Waals surface area contributed by atoms with Crippen molar-refractivity contribution in [2.45, 2.75) is 37.3 Å². The van der Waals surface area contributed by atoms with Gasteiger partial charge in [-0.2, -0.15) is 13.2 Å². The number of hydrogen-bond acceptors (Lipinski definition) is 6. The highest BCUT2D eigenvalue weighted by Gasteiger charge is 2.47. The SMILES string of the molecule is CC(C)(C)C(O)CNc1ccc(S(=O)(=O)C(F)(F)F)cc1[N+](=O)[O-]. The largest absolute Gasteiger partial charge is 0.501 e. The summed E-state index contributed by atoms with van der Waals surface area (Å²) >= 11 is 0. The molecule has 0 fully saturated rings. The Hall–Kier alpha value is -1.88. The quantitative estimate of drug-likeness (QED) is 0.609. The summed E-state index contributed by atoms with van der Waals surface area (Å²) < 4.78 is 60.3. The number of anilines is 1. The monoisotopic (exact) mass is 370 g/mol. The first kappa shape index (κ1) is 20.2. The van der Waals surface area contributed by atoms with Gasteiger partial charge in [0.25, 0.3) is 15.5 Å². The van der Waals surface area contributed by atoms with Gasteiger partial charge in [-0.3, -0.25) is 10.1 Å². The van der Waals surface area contributed by atoms with Gasteiger partial charge in [0.1, 0.15) is 5.69 Å². The number of nitrogens with one attached hydrogen (secondary N) is 1. The standard InChI is InChI=1S/C13H17F3N2O5S/c1-12(2,3)11(19)7-17-9-5-4-8(6-10(9)18(20)21)24(22,23)13(14,15)16/h4-6,11,17,19H,7H2,1-3H3. The van der Waals surface area contributed by atoms with Crippen molar-refractivity contribution in [2.24, 2.45) is 5.41 Å². The van der Waals surface area contributed by atoms with Gasteiger partial charge in [0, 0.05) is 12.6 Å². The number of benzene rings is 1. The number of aliphatic hydroxyl groups excluding tert-OH is 1. The van der Waals surface area contributed by atoms with Crippen molar-refractivity contribution in [2.75, 3.05) is 11.9 Å². The summed E-state index contributed by atoms with van der Waals surface area (Å²) in [7, 11) is -5.69. The number of halogens is 3. The summed E-state index contributed by atoms with van der Waals surface area (Å²) in [6.45, 7) is 5.09. The molecule has 2 N–H and O–H groups in total. The van der Waals surface area contributed by atoms with E-state index >= 15 is 0 Å². The minimum atomic E-state index is -5.69. The molecular formula is C13H17F3N2O5S. The fourth-order valence-corrected chi connectivity index (χ4v) is 2.41. The zero-order chi connectivity index (χ0) is 18.9. The molecule has 0 saturated carbocycles. The van der Waals surface area contributed by atoms with E-state index in [1.54, 1.807) is 20.8 Å². The molecule has 1 rings (SSSR count). The highest BCUT2D eigenvalue weighted by Crippen LogP contribution is 2.34. The number of sulfone groups is 1. The van der Waals surface area contributed by atoms with Crippen LogP contribution < -0.4 is 5.32 Å². The smallest absolute Gasteiger partial charge is 0.391 e. The number of rotatable bonds is 5. The van der Waals surface area contributed by atoms with Crippen molar-refractivity contribution in [3.05, 3.63) is 28.3 Å². The summed E-state index contributed by atoms with van der Waals surface area (Å²) in [5, 5.41) is 23.5. The number of nitro benzene ring substituents is 1. The Bertz CT molecular complexity index is 726. The lowest BCUT2D eigenvalue weighted by Crippen LogP contribution is -2.33. The molecule has 0 aliphatic rings. The molecule has 0 saturated heterocycles. The first-order valence-corrected chi connectivity index (χ1v) is 8.18. The third kappa shape index (κ3) is 4.35. The minimum absolute atomic E-state index is 0.101. The molecule has 1 aromatic rings. The average Bonchev–Trinajstić information content (AvgIpc) is 2.41. The van der Waals surface area contributed by atoms with Crippen LogP contribution in [-0.4, -0.2) is 36.6 Å². The Labute approximate surface area is 136 Å². The zero-order valence-corrected chi connectivity index (χ0v) is 13.9. The molecule has 0 amide bonds. The van der Waals surface area contributed by atoms with Crippen LogP contribution in [0.4, 0.5) is 24.5 Å². The van der Waals surface area contributed by atoms with E-state index in [-0.39, 0.29) is 12.2 Å². The van der Waals surface area contributed by atoms with E-state index in [4.69, 9.17) is 0 Å². The molecule has 1 atom stereocenters. The van der Waals surface area contributed by atoms with Gasteiger partial charge < -0.3 is 10.4 Å². The summed E-state index contributed by atoms with van der Waals surface area (Å²) in [5.41, 5.74) is -7.11. The molecule has 7 nitrogen and oxygen atoms in total. The highest BCUT2D eigenvalue weighted by atomic mass is 32.2. The first-order valence-electron chi connectivity index (χ1n) is 6.69. The maximum atomic E-state index is 12.5. The Morgan fingerprint density at radius 1 is 1.29 bits per heavy atom. The lowest BCUT2D eigenvalue weighted by molar-refractivity contribution is -0.384. The van der Waals surface area contributed by atoms with E-state index in [9.17, 15) is 36.8 Å². The van der Waals surface area contributed by atoms with E-state index in [1.807, 2.05) is 0 Å². The van der Waals surface area contributed by atoms with Gasteiger partial charge in [-0.1, -0.05) is 20.8 Å². The Morgan fingerprint density at radius 3 is 2.25 bits per heavy atom. The molecular weight excluding hydrogens is 353 g/mol. The Morgan fingerprint density at radius 2 is 1.83 bits per heavy atom. The van der Waals surface area contributed by atoms with Crippen molar-refractivity contribution in [3.8, 4) is 0 Å². The van der Waals surface area contributed by atoms with Crippen molar-refractivity contribution in [3.63, 3.8) is 0 Å². The maximum absolute atomic E-state index is 12.5. The molecule has 0 bridgehead atoms. The van der Waals surface area contributed by atoms with E-state index in [1.165, 1.54) is 0 Å². The van der Waals surface area contributed by atoms with Crippen LogP contribution in [0.1, 0.15) is 20.8 Å². The van der Waals surface area contributed by atoms with E-state index < -0.39 is 42.4 Å².